The maximum Gasteiger partial charge on any atom is 0.194 e. The Morgan fingerprint density at radius 3 is 2.68 bits per heavy atom. The third-order valence-electron chi connectivity index (χ3n) is 3.34. The zero-order chi connectivity index (χ0) is 15.7. The summed E-state index contributed by atoms with van der Waals surface area (Å²) >= 11 is 0. The Kier molecular flexibility index (Phi) is 3.56. The molecule has 1 N–H and O–H groups in total. The number of fused-ring (bicyclic) bond motifs is 1. The van der Waals surface area contributed by atoms with Crippen LogP contribution in [0.2, 0.25) is 0 Å². The second-order valence-electron chi connectivity index (χ2n) is 6.11. The Hall–Kier alpha value is -2.44. The molecule has 3 aromatic rings. The molecule has 3 heterocycles. The van der Waals surface area contributed by atoms with E-state index in [2.05, 4.69) is 46.1 Å². The van der Waals surface area contributed by atoms with Crippen LogP contribution in [-0.4, -0.2) is 24.7 Å². The molecule has 0 aliphatic carbocycles. The number of oxazole rings is 1. The fourth-order valence-electron chi connectivity index (χ4n) is 2.24. The number of hydrogen-bond donors (Lipinski definition) is 1. The van der Waals surface area contributed by atoms with Crippen molar-refractivity contribution in [3.8, 4) is 0 Å². The van der Waals surface area contributed by atoms with E-state index in [0.29, 0.717) is 6.54 Å². The first kappa shape index (κ1) is 14.5. The topological polar surface area (TPSA) is 81.7 Å². The number of rotatable bonds is 4. The quantitative estimate of drug-likeness (QED) is 0.798. The number of nitrogens with one attached hydrogen (secondary N) is 1. The highest BCUT2D eigenvalue weighted by Gasteiger charge is 2.19. The van der Waals surface area contributed by atoms with Gasteiger partial charge in [0.05, 0.1) is 29.9 Å². The molecule has 0 bridgehead atoms. The summed E-state index contributed by atoms with van der Waals surface area (Å²) in [5.74, 6) is 2.27. The van der Waals surface area contributed by atoms with Crippen LogP contribution in [0.15, 0.2) is 23.1 Å². The van der Waals surface area contributed by atoms with Gasteiger partial charge in [-0.1, -0.05) is 6.92 Å². The Bertz CT molecular complexity index is 783. The van der Waals surface area contributed by atoms with E-state index in [1.165, 1.54) is 0 Å². The smallest absolute Gasteiger partial charge is 0.194 e. The lowest BCUT2D eigenvalue weighted by molar-refractivity contribution is 0.366. The molecule has 22 heavy (non-hydrogen) atoms. The summed E-state index contributed by atoms with van der Waals surface area (Å²) in [7, 11) is 0. The van der Waals surface area contributed by atoms with Crippen molar-refractivity contribution in [2.75, 3.05) is 5.32 Å². The molecule has 7 heteroatoms. The molecule has 0 fully saturated rings. The first-order chi connectivity index (χ1) is 10.5. The van der Waals surface area contributed by atoms with Crippen LogP contribution in [-0.2, 0) is 18.5 Å². The lowest BCUT2D eigenvalue weighted by atomic mass is 10.1. The predicted molar refractivity (Wildman–Crippen MR) is 83.5 cm³/mol. The Labute approximate surface area is 128 Å². The molecule has 0 aliphatic rings. The SMILES string of the molecule is CCc1ncc(CNc2ncnc3c2cnn3C(C)(C)C)o1. The highest BCUT2D eigenvalue weighted by Crippen LogP contribution is 2.24. The molecule has 0 radical (unpaired) electrons. The molecule has 0 aromatic carbocycles. The second-order valence-corrected chi connectivity index (χ2v) is 6.11. The van der Waals surface area contributed by atoms with Crippen molar-refractivity contribution < 1.29 is 4.42 Å². The first-order valence-corrected chi connectivity index (χ1v) is 7.35. The summed E-state index contributed by atoms with van der Waals surface area (Å²) in [5, 5.41) is 8.60. The lowest BCUT2D eigenvalue weighted by Crippen LogP contribution is -2.23. The van der Waals surface area contributed by atoms with Gasteiger partial charge in [0, 0.05) is 6.42 Å². The van der Waals surface area contributed by atoms with E-state index in [4.69, 9.17) is 4.42 Å². The Morgan fingerprint density at radius 1 is 1.18 bits per heavy atom. The number of aromatic nitrogens is 5. The zero-order valence-electron chi connectivity index (χ0n) is 13.3. The number of hydrogen-bond acceptors (Lipinski definition) is 6. The summed E-state index contributed by atoms with van der Waals surface area (Å²) < 4.78 is 7.49. The van der Waals surface area contributed by atoms with Crippen LogP contribution in [0, 0.1) is 0 Å². The molecule has 0 aliphatic heterocycles. The van der Waals surface area contributed by atoms with E-state index in [-0.39, 0.29) is 5.54 Å². The van der Waals surface area contributed by atoms with Gasteiger partial charge in [0.25, 0.3) is 0 Å². The average Bonchev–Trinajstić information content (AvgIpc) is 3.11. The fourth-order valence-corrected chi connectivity index (χ4v) is 2.24. The molecule has 116 valence electrons. The van der Waals surface area contributed by atoms with Gasteiger partial charge < -0.3 is 9.73 Å². The van der Waals surface area contributed by atoms with Gasteiger partial charge in [-0.05, 0) is 20.8 Å². The van der Waals surface area contributed by atoms with E-state index in [9.17, 15) is 0 Å². The Morgan fingerprint density at radius 2 is 2.00 bits per heavy atom. The minimum Gasteiger partial charge on any atom is -0.444 e. The summed E-state index contributed by atoms with van der Waals surface area (Å²) in [5.41, 5.74) is 0.686. The summed E-state index contributed by atoms with van der Waals surface area (Å²) in [6, 6.07) is 0. The highest BCUT2D eigenvalue weighted by molar-refractivity contribution is 5.86. The molecule has 0 spiro atoms. The van der Waals surface area contributed by atoms with Gasteiger partial charge in [-0.3, -0.25) is 0 Å². The minimum absolute atomic E-state index is 0.131. The molecule has 0 amide bonds. The third kappa shape index (κ3) is 2.66. The molecule has 3 aromatic heterocycles. The van der Waals surface area contributed by atoms with Crippen LogP contribution in [0.25, 0.3) is 11.0 Å². The van der Waals surface area contributed by atoms with E-state index in [0.717, 1.165) is 34.9 Å². The van der Waals surface area contributed by atoms with E-state index < -0.39 is 0 Å². The maximum absolute atomic E-state index is 5.59. The van der Waals surface area contributed by atoms with Gasteiger partial charge in [0.15, 0.2) is 11.5 Å². The van der Waals surface area contributed by atoms with Gasteiger partial charge in [0.1, 0.15) is 17.9 Å². The lowest BCUT2D eigenvalue weighted by Gasteiger charge is -2.19. The molecule has 0 atom stereocenters. The van der Waals surface area contributed by atoms with Crippen molar-refractivity contribution in [1.29, 1.82) is 0 Å². The third-order valence-corrected chi connectivity index (χ3v) is 3.34. The molecular formula is C15H20N6O. The second kappa shape index (κ2) is 5.40. The number of aryl methyl sites for hydroxylation is 1. The largest absolute Gasteiger partial charge is 0.444 e. The van der Waals surface area contributed by atoms with Crippen molar-refractivity contribution in [2.45, 2.75) is 46.2 Å². The molecule has 3 rings (SSSR count). The predicted octanol–water partition coefficient (Wildman–Crippen LogP) is 2.74. The summed E-state index contributed by atoms with van der Waals surface area (Å²) in [6.45, 7) is 8.82. The van der Waals surface area contributed by atoms with Crippen LogP contribution in [0.4, 0.5) is 5.82 Å². The molecule has 0 saturated carbocycles. The summed E-state index contributed by atoms with van der Waals surface area (Å²) in [4.78, 5) is 12.9. The molecule has 0 saturated heterocycles. The standard InChI is InChI=1S/C15H20N6O/c1-5-12-16-6-10(22-12)7-17-13-11-8-20-21(15(2,3)4)14(11)19-9-18-13/h6,8-9H,5,7H2,1-4H3,(H,17,18,19). The molecule has 0 unspecified atom stereocenters. The van der Waals surface area contributed by atoms with Gasteiger partial charge in [-0.15, -0.1) is 0 Å². The first-order valence-electron chi connectivity index (χ1n) is 7.35. The van der Waals surface area contributed by atoms with Crippen molar-refractivity contribution in [1.82, 2.24) is 24.7 Å². The van der Waals surface area contributed by atoms with Crippen molar-refractivity contribution in [3.05, 3.63) is 30.4 Å². The minimum atomic E-state index is -0.131. The van der Waals surface area contributed by atoms with Gasteiger partial charge in [-0.2, -0.15) is 5.10 Å². The van der Waals surface area contributed by atoms with Crippen LogP contribution < -0.4 is 5.32 Å². The van der Waals surface area contributed by atoms with Crippen molar-refractivity contribution in [3.63, 3.8) is 0 Å². The number of anilines is 1. The molecule has 7 nitrogen and oxygen atoms in total. The van der Waals surface area contributed by atoms with Crippen molar-refractivity contribution in [2.24, 2.45) is 0 Å². The average molecular weight is 300 g/mol. The maximum atomic E-state index is 5.59. The van der Waals surface area contributed by atoms with Crippen LogP contribution in [0.3, 0.4) is 0 Å². The highest BCUT2D eigenvalue weighted by atomic mass is 16.4. The normalized spacial score (nSPS) is 12.0. The molecular weight excluding hydrogens is 280 g/mol. The van der Waals surface area contributed by atoms with Gasteiger partial charge in [0.2, 0.25) is 0 Å². The van der Waals surface area contributed by atoms with E-state index >= 15 is 0 Å². The monoisotopic (exact) mass is 300 g/mol. The Balaban J connectivity index is 1.86. The summed E-state index contributed by atoms with van der Waals surface area (Å²) in [6.07, 6.45) is 5.87. The van der Waals surface area contributed by atoms with E-state index in [1.54, 1.807) is 18.7 Å². The van der Waals surface area contributed by atoms with Gasteiger partial charge in [-0.25, -0.2) is 19.6 Å². The van der Waals surface area contributed by atoms with E-state index in [1.807, 2.05) is 11.6 Å². The van der Waals surface area contributed by atoms with Crippen molar-refractivity contribution >= 4 is 16.9 Å². The van der Waals surface area contributed by atoms with Crippen LogP contribution in [0.1, 0.15) is 39.3 Å². The number of nitrogens with zero attached hydrogens (tertiary/aromatic N) is 5. The van der Waals surface area contributed by atoms with Crippen LogP contribution >= 0.6 is 0 Å². The van der Waals surface area contributed by atoms with Crippen LogP contribution in [0.5, 0.6) is 0 Å². The zero-order valence-corrected chi connectivity index (χ0v) is 13.3. The fraction of sp³-hybridized carbons (Fsp3) is 0.467. The van der Waals surface area contributed by atoms with Gasteiger partial charge >= 0.3 is 0 Å².